The summed E-state index contributed by atoms with van der Waals surface area (Å²) in [5, 5.41) is 14.8. The van der Waals surface area contributed by atoms with Crippen LogP contribution in [-0.2, 0) is 16.6 Å². The molecule has 1 aromatic carbocycles. The fourth-order valence-corrected chi connectivity index (χ4v) is 2.83. The number of amides is 2. The van der Waals surface area contributed by atoms with Gasteiger partial charge >= 0.3 is 5.97 Å². The van der Waals surface area contributed by atoms with Gasteiger partial charge in [-0.3, -0.25) is 14.4 Å². The first-order valence-corrected chi connectivity index (χ1v) is 8.68. The Balaban J connectivity index is 2.17. The second kappa shape index (κ2) is 8.57. The van der Waals surface area contributed by atoms with Crippen molar-refractivity contribution in [2.24, 2.45) is 13.0 Å². The Bertz CT molecular complexity index is 856. The van der Waals surface area contributed by atoms with Crippen LogP contribution in [-0.4, -0.2) is 47.2 Å². The molecular formula is C19H25N3O5. The highest BCUT2D eigenvalue weighted by Gasteiger charge is 2.26. The van der Waals surface area contributed by atoms with Crippen LogP contribution >= 0.6 is 0 Å². The van der Waals surface area contributed by atoms with Crippen LogP contribution in [0.5, 0.6) is 5.75 Å². The van der Waals surface area contributed by atoms with Gasteiger partial charge in [-0.2, -0.15) is 0 Å². The minimum absolute atomic E-state index is 0.0150. The number of nitrogens with one attached hydrogen (secondary N) is 2. The molecule has 8 heteroatoms. The van der Waals surface area contributed by atoms with Gasteiger partial charge in [0.05, 0.1) is 13.5 Å². The second-order valence-corrected chi connectivity index (χ2v) is 6.64. The summed E-state index contributed by atoms with van der Waals surface area (Å²) >= 11 is 0. The summed E-state index contributed by atoms with van der Waals surface area (Å²) in [6, 6.07) is 6.50. The fourth-order valence-electron chi connectivity index (χ4n) is 2.83. The van der Waals surface area contributed by atoms with Gasteiger partial charge in [0, 0.05) is 24.5 Å². The van der Waals surface area contributed by atoms with E-state index in [9.17, 15) is 14.4 Å². The number of rotatable bonds is 8. The van der Waals surface area contributed by atoms with Crippen molar-refractivity contribution in [1.82, 2.24) is 15.2 Å². The number of nitrogens with zero attached hydrogens (tertiary/aromatic N) is 1. The van der Waals surface area contributed by atoms with Crippen molar-refractivity contribution in [3.05, 3.63) is 30.0 Å². The maximum atomic E-state index is 12.8. The SMILES string of the molecule is COc1ccc2c(c1)cc(C(=O)NC(C(=O)NCCC(=O)O)C(C)C)n2C. The minimum atomic E-state index is -0.994. The van der Waals surface area contributed by atoms with Crippen LogP contribution in [0, 0.1) is 5.92 Å². The van der Waals surface area contributed by atoms with Crippen molar-refractivity contribution in [2.45, 2.75) is 26.3 Å². The summed E-state index contributed by atoms with van der Waals surface area (Å²) in [6.07, 6.45) is -0.171. The first-order valence-electron chi connectivity index (χ1n) is 8.68. The van der Waals surface area contributed by atoms with Gasteiger partial charge < -0.3 is 25.0 Å². The van der Waals surface area contributed by atoms with Crippen molar-refractivity contribution >= 4 is 28.7 Å². The van der Waals surface area contributed by atoms with Gasteiger partial charge in [0.2, 0.25) is 5.91 Å². The number of aromatic nitrogens is 1. The molecule has 0 spiro atoms. The largest absolute Gasteiger partial charge is 0.497 e. The number of fused-ring (bicyclic) bond motifs is 1. The highest BCUT2D eigenvalue weighted by atomic mass is 16.5. The molecule has 146 valence electrons. The molecule has 0 aliphatic heterocycles. The number of hydrogen-bond acceptors (Lipinski definition) is 4. The van der Waals surface area contributed by atoms with E-state index in [1.807, 2.05) is 32.0 Å². The maximum absolute atomic E-state index is 12.8. The standard InChI is InChI=1S/C19H25N3O5/c1-11(2)17(19(26)20-8-7-16(23)24)21-18(25)15-10-12-9-13(27-4)5-6-14(12)22(15)3/h5-6,9-11,17H,7-8H2,1-4H3,(H,20,26)(H,21,25)(H,23,24). The van der Waals surface area contributed by atoms with E-state index in [2.05, 4.69) is 10.6 Å². The summed E-state index contributed by atoms with van der Waals surface area (Å²) in [6.45, 7) is 3.64. The van der Waals surface area contributed by atoms with Crippen molar-refractivity contribution in [1.29, 1.82) is 0 Å². The molecule has 2 aromatic rings. The molecule has 0 bridgehead atoms. The van der Waals surface area contributed by atoms with E-state index in [1.54, 1.807) is 24.8 Å². The number of hydrogen-bond donors (Lipinski definition) is 3. The summed E-state index contributed by atoms with van der Waals surface area (Å²) < 4.78 is 6.96. The third-order valence-electron chi connectivity index (χ3n) is 4.36. The average molecular weight is 375 g/mol. The lowest BCUT2D eigenvalue weighted by Gasteiger charge is -2.21. The normalized spacial score (nSPS) is 12.0. The molecule has 0 radical (unpaired) electrons. The van der Waals surface area contributed by atoms with Gasteiger partial charge in [-0.05, 0) is 30.2 Å². The predicted octanol–water partition coefficient (Wildman–Crippen LogP) is 1.53. The van der Waals surface area contributed by atoms with Crippen molar-refractivity contribution in [3.8, 4) is 5.75 Å². The number of carboxylic acids is 1. The zero-order valence-corrected chi connectivity index (χ0v) is 15.9. The van der Waals surface area contributed by atoms with Crippen molar-refractivity contribution < 1.29 is 24.2 Å². The lowest BCUT2D eigenvalue weighted by molar-refractivity contribution is -0.137. The molecule has 8 nitrogen and oxygen atoms in total. The molecule has 2 rings (SSSR count). The van der Waals surface area contributed by atoms with E-state index >= 15 is 0 Å². The van der Waals surface area contributed by atoms with Gasteiger partial charge in [-0.15, -0.1) is 0 Å². The number of carbonyl (C=O) groups is 3. The quantitative estimate of drug-likeness (QED) is 0.648. The van der Waals surface area contributed by atoms with Crippen LogP contribution in [0.2, 0.25) is 0 Å². The number of aryl methyl sites for hydroxylation is 1. The zero-order chi connectivity index (χ0) is 20.1. The lowest BCUT2D eigenvalue weighted by Crippen LogP contribution is -2.50. The Morgan fingerprint density at radius 3 is 2.52 bits per heavy atom. The number of carboxylic acid groups (broad SMARTS) is 1. The smallest absolute Gasteiger partial charge is 0.305 e. The van der Waals surface area contributed by atoms with Gasteiger partial charge in [0.25, 0.3) is 5.91 Å². The van der Waals surface area contributed by atoms with Crippen LogP contribution in [0.4, 0.5) is 0 Å². The molecule has 1 aromatic heterocycles. The minimum Gasteiger partial charge on any atom is -0.497 e. The van der Waals surface area contributed by atoms with Gasteiger partial charge in [0.15, 0.2) is 0 Å². The Labute approximate surface area is 157 Å². The molecular weight excluding hydrogens is 350 g/mol. The first-order chi connectivity index (χ1) is 12.7. The Kier molecular flexibility index (Phi) is 6.44. The lowest BCUT2D eigenvalue weighted by atomic mass is 10.0. The van der Waals surface area contributed by atoms with Crippen molar-refractivity contribution in [2.75, 3.05) is 13.7 Å². The average Bonchev–Trinajstić information content (AvgIpc) is 2.94. The Morgan fingerprint density at radius 2 is 1.93 bits per heavy atom. The second-order valence-electron chi connectivity index (χ2n) is 6.64. The molecule has 0 saturated carbocycles. The highest BCUT2D eigenvalue weighted by Crippen LogP contribution is 2.24. The number of carbonyl (C=O) groups excluding carboxylic acids is 2. The summed E-state index contributed by atoms with van der Waals surface area (Å²) in [5.41, 5.74) is 1.29. The van der Waals surface area contributed by atoms with Crippen LogP contribution in [0.1, 0.15) is 30.8 Å². The Morgan fingerprint density at radius 1 is 1.22 bits per heavy atom. The molecule has 3 N–H and O–H groups in total. The summed E-state index contributed by atoms with van der Waals surface area (Å²) in [4.78, 5) is 35.7. The van der Waals surface area contributed by atoms with Gasteiger partial charge in [0.1, 0.15) is 17.5 Å². The summed E-state index contributed by atoms with van der Waals surface area (Å²) in [5.74, 6) is -1.24. The van der Waals surface area contributed by atoms with E-state index in [0.717, 1.165) is 10.9 Å². The van der Waals surface area contributed by atoms with Crippen LogP contribution in [0.25, 0.3) is 10.9 Å². The molecule has 27 heavy (non-hydrogen) atoms. The molecule has 1 unspecified atom stereocenters. The van der Waals surface area contributed by atoms with E-state index in [1.165, 1.54) is 0 Å². The van der Waals surface area contributed by atoms with Gasteiger partial charge in [-0.25, -0.2) is 0 Å². The molecule has 2 amide bonds. The van der Waals surface area contributed by atoms with Gasteiger partial charge in [-0.1, -0.05) is 13.8 Å². The zero-order valence-electron chi connectivity index (χ0n) is 15.9. The molecule has 1 heterocycles. The molecule has 0 aliphatic carbocycles. The maximum Gasteiger partial charge on any atom is 0.305 e. The van der Waals surface area contributed by atoms with Crippen LogP contribution in [0.15, 0.2) is 24.3 Å². The number of ether oxygens (including phenoxy) is 1. The number of aliphatic carboxylic acids is 1. The van der Waals surface area contributed by atoms with Crippen molar-refractivity contribution in [3.63, 3.8) is 0 Å². The fraction of sp³-hybridized carbons (Fsp3) is 0.421. The Hall–Kier alpha value is -3.03. The molecule has 1 atom stereocenters. The van der Waals surface area contributed by atoms with E-state index < -0.39 is 17.9 Å². The number of benzene rings is 1. The highest BCUT2D eigenvalue weighted by molar-refractivity contribution is 6.01. The van der Waals surface area contributed by atoms with E-state index in [-0.39, 0.29) is 24.8 Å². The first kappa shape index (κ1) is 20.3. The number of methoxy groups -OCH3 is 1. The molecule has 0 fully saturated rings. The van der Waals surface area contributed by atoms with E-state index in [0.29, 0.717) is 11.4 Å². The third-order valence-corrected chi connectivity index (χ3v) is 4.36. The van der Waals surface area contributed by atoms with Crippen LogP contribution < -0.4 is 15.4 Å². The predicted molar refractivity (Wildman–Crippen MR) is 101 cm³/mol. The molecule has 0 saturated heterocycles. The van der Waals surface area contributed by atoms with Crippen LogP contribution in [0.3, 0.4) is 0 Å². The summed E-state index contributed by atoms with van der Waals surface area (Å²) in [7, 11) is 3.36. The third kappa shape index (κ3) is 4.78. The molecule has 0 aliphatic rings. The van der Waals surface area contributed by atoms with E-state index in [4.69, 9.17) is 9.84 Å². The monoisotopic (exact) mass is 375 g/mol. The topological polar surface area (TPSA) is 110 Å².